The first-order chi connectivity index (χ1) is 15.4. The van der Waals surface area contributed by atoms with Crippen molar-refractivity contribution < 1.29 is 9.59 Å². The van der Waals surface area contributed by atoms with E-state index >= 15 is 0 Å². The average molecular weight is 469 g/mol. The number of ketones is 1. The van der Waals surface area contributed by atoms with Crippen molar-refractivity contribution in [2.75, 3.05) is 24.2 Å². The quantitative estimate of drug-likeness (QED) is 0.670. The molecule has 1 saturated heterocycles. The number of benzene rings is 1. The van der Waals surface area contributed by atoms with Gasteiger partial charge in [0.05, 0.1) is 17.0 Å². The molecule has 8 heteroatoms. The Bertz CT molecular complexity index is 1000. The number of aromatic nitrogens is 2. The van der Waals surface area contributed by atoms with Gasteiger partial charge in [0.15, 0.2) is 5.78 Å². The zero-order chi connectivity index (χ0) is 22.7. The maximum atomic E-state index is 12.6. The topological polar surface area (TPSA) is 75.2 Å². The number of rotatable bonds is 4. The van der Waals surface area contributed by atoms with E-state index in [1.165, 1.54) is 24.4 Å². The molecule has 2 aliphatic rings. The monoisotopic (exact) mass is 468 g/mol. The van der Waals surface area contributed by atoms with Crippen LogP contribution in [0.1, 0.15) is 54.2 Å². The van der Waals surface area contributed by atoms with E-state index in [2.05, 4.69) is 34.0 Å². The van der Waals surface area contributed by atoms with Crippen LogP contribution in [0.2, 0.25) is 0 Å². The van der Waals surface area contributed by atoms with Gasteiger partial charge >= 0.3 is 0 Å². The molecule has 6 nitrogen and oxygen atoms in total. The van der Waals surface area contributed by atoms with Crippen LogP contribution in [0.3, 0.4) is 0 Å². The number of thioether (sulfide) groups is 1. The lowest BCUT2D eigenvalue weighted by molar-refractivity contribution is -0.113. The molecular formula is C24H28N4O2S2. The summed E-state index contributed by atoms with van der Waals surface area (Å²) in [6, 6.07) is 10.0. The minimum Gasteiger partial charge on any atom is -0.357 e. The molecule has 1 aromatic heterocycles. The van der Waals surface area contributed by atoms with Gasteiger partial charge < -0.3 is 4.90 Å². The van der Waals surface area contributed by atoms with Crippen molar-refractivity contribution in [3.63, 3.8) is 0 Å². The fraction of sp³-hybridized carbons (Fsp3) is 0.458. The van der Waals surface area contributed by atoms with Gasteiger partial charge in [0.2, 0.25) is 11.9 Å². The average Bonchev–Trinajstić information content (AvgIpc) is 2.77. The Morgan fingerprint density at radius 2 is 1.91 bits per heavy atom. The van der Waals surface area contributed by atoms with Gasteiger partial charge in [-0.05, 0) is 36.2 Å². The highest BCUT2D eigenvalue weighted by Gasteiger charge is 2.28. The Morgan fingerprint density at radius 1 is 1.19 bits per heavy atom. The highest BCUT2D eigenvalue weighted by atomic mass is 32.2. The number of carbonyl (C=O) groups is 2. The summed E-state index contributed by atoms with van der Waals surface area (Å²) in [5.74, 6) is 1.61. The normalized spacial score (nSPS) is 22.9. The molecule has 0 bridgehead atoms. The molecule has 4 rings (SSSR count). The summed E-state index contributed by atoms with van der Waals surface area (Å²) >= 11 is 6.93. The molecule has 1 fully saturated rings. The third-order valence-corrected chi connectivity index (χ3v) is 7.54. The third kappa shape index (κ3) is 5.53. The van der Waals surface area contributed by atoms with Gasteiger partial charge in [-0.2, -0.15) is 0 Å². The summed E-state index contributed by atoms with van der Waals surface area (Å²) in [6.45, 7) is 6.37. The first-order valence-corrected chi connectivity index (χ1v) is 12.4. The van der Waals surface area contributed by atoms with Crippen LogP contribution >= 0.6 is 24.0 Å². The van der Waals surface area contributed by atoms with E-state index in [9.17, 15) is 9.59 Å². The number of nitrogens with one attached hydrogen (secondary N) is 1. The van der Waals surface area contributed by atoms with Crippen molar-refractivity contribution in [3.8, 4) is 0 Å². The van der Waals surface area contributed by atoms with Gasteiger partial charge in [-0.25, -0.2) is 9.97 Å². The predicted molar refractivity (Wildman–Crippen MR) is 132 cm³/mol. The molecule has 2 aromatic rings. The molecule has 168 valence electrons. The minimum atomic E-state index is -0.197. The first kappa shape index (κ1) is 22.9. The number of Topliss-reactive ketones (excluding diaryl/α,β-unsaturated/α-hetero) is 1. The largest absolute Gasteiger partial charge is 0.357 e. The minimum absolute atomic E-state index is 0.0453. The number of thiocarbonyl (C=S) groups is 1. The lowest BCUT2D eigenvalue weighted by atomic mass is 9.82. The first-order valence-electron chi connectivity index (χ1n) is 11.0. The van der Waals surface area contributed by atoms with E-state index < -0.39 is 0 Å². The molecule has 1 amide bonds. The number of piperidine rings is 1. The second-order valence-electron chi connectivity index (χ2n) is 8.95. The van der Waals surface area contributed by atoms with Gasteiger partial charge in [-0.3, -0.25) is 14.9 Å². The van der Waals surface area contributed by atoms with E-state index in [-0.39, 0.29) is 29.3 Å². The fourth-order valence-corrected chi connectivity index (χ4v) is 5.64. The maximum absolute atomic E-state index is 12.6. The van der Waals surface area contributed by atoms with E-state index in [1.54, 1.807) is 0 Å². The van der Waals surface area contributed by atoms with Crippen LogP contribution in [-0.2, 0) is 11.2 Å². The molecule has 1 aromatic carbocycles. The van der Waals surface area contributed by atoms with Gasteiger partial charge in [-0.15, -0.1) is 0 Å². The summed E-state index contributed by atoms with van der Waals surface area (Å²) < 4.78 is 0.765. The van der Waals surface area contributed by atoms with E-state index in [0.717, 1.165) is 23.0 Å². The molecule has 0 spiro atoms. The summed E-state index contributed by atoms with van der Waals surface area (Å²) in [5.41, 5.74) is 2.38. The van der Waals surface area contributed by atoms with Crippen molar-refractivity contribution in [2.24, 2.45) is 11.8 Å². The van der Waals surface area contributed by atoms with Gasteiger partial charge in [-0.1, -0.05) is 68.2 Å². The molecule has 0 unspecified atom stereocenters. The number of amides is 1. The van der Waals surface area contributed by atoms with Gasteiger partial charge in [0.1, 0.15) is 4.32 Å². The van der Waals surface area contributed by atoms with Crippen LogP contribution < -0.4 is 5.32 Å². The molecule has 1 aliphatic heterocycles. The predicted octanol–water partition coefficient (Wildman–Crippen LogP) is 4.32. The molecule has 1 aliphatic carbocycles. The Morgan fingerprint density at radius 3 is 2.62 bits per heavy atom. The maximum Gasteiger partial charge on any atom is 0.237 e. The van der Waals surface area contributed by atoms with E-state index in [4.69, 9.17) is 12.2 Å². The summed E-state index contributed by atoms with van der Waals surface area (Å²) in [6.07, 6.45) is 3.86. The van der Waals surface area contributed by atoms with Crippen LogP contribution in [0.4, 0.5) is 5.95 Å². The highest BCUT2D eigenvalue weighted by Crippen LogP contribution is 2.32. The number of likely N-dealkylation sites (tertiary alicyclic amines) is 1. The Kier molecular flexibility index (Phi) is 7.20. The number of carbonyl (C=O) groups excluding carboxylic acids is 2. The van der Waals surface area contributed by atoms with Crippen LogP contribution in [-0.4, -0.2) is 49.7 Å². The zero-order valence-electron chi connectivity index (χ0n) is 18.4. The molecule has 3 atom stereocenters. The SMILES string of the molecule is C[C@@H]1C[C@H](C)CN(C(=S)SCC(=O)Nc2ncc3c(n2)C[C@H](c2ccccc2)CC3=O)C1. The Labute approximate surface area is 198 Å². The van der Waals surface area contributed by atoms with Crippen LogP contribution in [0.15, 0.2) is 36.5 Å². The fourth-order valence-electron chi connectivity index (χ4n) is 4.66. The van der Waals surface area contributed by atoms with Crippen molar-refractivity contribution in [3.05, 3.63) is 53.3 Å². The lowest BCUT2D eigenvalue weighted by Crippen LogP contribution is -2.41. The van der Waals surface area contributed by atoms with Gasteiger partial charge in [0, 0.05) is 25.7 Å². The van der Waals surface area contributed by atoms with E-state index in [1.807, 2.05) is 30.3 Å². The van der Waals surface area contributed by atoms with Crippen molar-refractivity contribution >= 4 is 45.9 Å². The van der Waals surface area contributed by atoms with Crippen LogP contribution in [0.5, 0.6) is 0 Å². The smallest absolute Gasteiger partial charge is 0.237 e. The Hall–Kier alpha value is -2.32. The third-order valence-electron chi connectivity index (χ3n) is 6.02. The van der Waals surface area contributed by atoms with E-state index in [0.29, 0.717) is 35.9 Å². The number of fused-ring (bicyclic) bond motifs is 1. The van der Waals surface area contributed by atoms with Crippen molar-refractivity contribution in [2.45, 2.75) is 39.0 Å². The molecule has 0 saturated carbocycles. The number of hydrogen-bond acceptors (Lipinski definition) is 6. The molecule has 2 heterocycles. The van der Waals surface area contributed by atoms with Crippen molar-refractivity contribution in [1.29, 1.82) is 0 Å². The molecule has 32 heavy (non-hydrogen) atoms. The standard InChI is InChI=1S/C24H28N4O2S2/c1-15-8-16(2)13-28(12-15)24(31)32-14-22(30)27-23-25-11-19-20(26-23)9-18(10-21(19)29)17-6-4-3-5-7-17/h3-7,11,15-16,18H,8-10,12-14H2,1-2H3,(H,25,26,27,30)/t15-,16+,18-/m0/s1. The second kappa shape index (κ2) is 10.1. The summed E-state index contributed by atoms with van der Waals surface area (Å²) in [5, 5.41) is 2.77. The van der Waals surface area contributed by atoms with Crippen LogP contribution in [0.25, 0.3) is 0 Å². The number of nitrogens with zero attached hydrogens (tertiary/aromatic N) is 3. The Balaban J connectivity index is 1.35. The number of anilines is 1. The lowest BCUT2D eigenvalue weighted by Gasteiger charge is -2.36. The number of hydrogen-bond donors (Lipinski definition) is 1. The molecular weight excluding hydrogens is 440 g/mol. The van der Waals surface area contributed by atoms with Crippen LogP contribution in [0, 0.1) is 11.8 Å². The van der Waals surface area contributed by atoms with Crippen molar-refractivity contribution in [1.82, 2.24) is 14.9 Å². The second-order valence-corrected chi connectivity index (χ2v) is 10.6. The summed E-state index contributed by atoms with van der Waals surface area (Å²) in [7, 11) is 0. The molecule has 0 radical (unpaired) electrons. The summed E-state index contributed by atoms with van der Waals surface area (Å²) in [4.78, 5) is 36.0. The molecule has 1 N–H and O–H groups in total. The highest BCUT2D eigenvalue weighted by molar-refractivity contribution is 8.23. The van der Waals surface area contributed by atoms with Gasteiger partial charge in [0.25, 0.3) is 0 Å². The zero-order valence-corrected chi connectivity index (χ0v) is 20.0.